The highest BCUT2D eigenvalue weighted by Gasteiger charge is 2.19. The molecular weight excluding hydrogens is 536 g/mol. The summed E-state index contributed by atoms with van der Waals surface area (Å²) >= 11 is 0. The van der Waals surface area contributed by atoms with Crippen LogP contribution in [-0.4, -0.2) is 85.8 Å². The minimum atomic E-state index is -1.11. The molecule has 3 aromatic carbocycles. The molecule has 0 unspecified atom stereocenters. The first-order valence-electron chi connectivity index (χ1n) is 12.9. The Morgan fingerprint density at radius 1 is 0.463 bits per heavy atom. The SMILES string of the molecule is O=C(O)c1cc2cc(c1)OCCN1CCOc3cc(cc(C(=O)O)c3)OCCN(CCO2)c2cc(C(=O)O)cc1c2. The van der Waals surface area contributed by atoms with E-state index in [2.05, 4.69) is 0 Å². The van der Waals surface area contributed by atoms with Crippen LogP contribution in [0.15, 0.2) is 54.6 Å². The molecule has 8 bridgehead atoms. The Morgan fingerprint density at radius 2 is 0.756 bits per heavy atom. The van der Waals surface area contributed by atoms with E-state index in [1.54, 1.807) is 24.3 Å². The van der Waals surface area contributed by atoms with Crippen LogP contribution in [0.4, 0.5) is 11.4 Å². The van der Waals surface area contributed by atoms with Crippen molar-refractivity contribution in [2.45, 2.75) is 0 Å². The van der Waals surface area contributed by atoms with Crippen LogP contribution in [0.5, 0.6) is 23.0 Å². The molecule has 0 spiro atoms. The Balaban J connectivity index is 1.55. The Hall–Kier alpha value is -5.13. The average Bonchev–Trinajstić information content (AvgIpc) is 2.94. The summed E-state index contributed by atoms with van der Waals surface area (Å²) in [4.78, 5) is 39.3. The number of hydrogen-bond donors (Lipinski definition) is 3. The lowest BCUT2D eigenvalue weighted by molar-refractivity contribution is 0.0685. The van der Waals surface area contributed by atoms with E-state index in [1.165, 1.54) is 24.3 Å². The third-order valence-electron chi connectivity index (χ3n) is 6.65. The minimum absolute atomic E-state index is 0.0282. The van der Waals surface area contributed by atoms with E-state index in [0.717, 1.165) is 0 Å². The Labute approximate surface area is 234 Å². The molecule has 3 N–H and O–H groups in total. The zero-order valence-corrected chi connectivity index (χ0v) is 21.9. The van der Waals surface area contributed by atoms with Gasteiger partial charge in [0, 0.05) is 23.5 Å². The maximum absolute atomic E-state index is 12.1. The number of anilines is 2. The molecule has 2 aliphatic heterocycles. The summed E-state index contributed by atoms with van der Waals surface area (Å²) in [5.74, 6) is -2.01. The van der Waals surface area contributed by atoms with E-state index >= 15 is 0 Å². The monoisotopic (exact) mass is 564 g/mol. The highest BCUT2D eigenvalue weighted by atomic mass is 16.5. The van der Waals surface area contributed by atoms with Crippen LogP contribution >= 0.6 is 0 Å². The van der Waals surface area contributed by atoms with Crippen molar-refractivity contribution in [1.82, 2.24) is 0 Å². The van der Waals surface area contributed by atoms with Crippen molar-refractivity contribution in [2.75, 3.05) is 62.4 Å². The van der Waals surface area contributed by atoms with Crippen LogP contribution in [0.2, 0.25) is 0 Å². The van der Waals surface area contributed by atoms with Crippen LogP contribution in [-0.2, 0) is 0 Å². The molecule has 3 aromatic rings. The van der Waals surface area contributed by atoms with Crippen LogP contribution in [0, 0.1) is 0 Å². The predicted molar refractivity (Wildman–Crippen MR) is 147 cm³/mol. The number of fused-ring (bicyclic) bond motifs is 4. The van der Waals surface area contributed by atoms with Crippen molar-refractivity contribution in [2.24, 2.45) is 0 Å². The van der Waals surface area contributed by atoms with Crippen molar-refractivity contribution < 1.29 is 48.7 Å². The summed E-state index contributed by atoms with van der Waals surface area (Å²) in [6.45, 7) is 1.81. The van der Waals surface area contributed by atoms with Gasteiger partial charge < -0.3 is 44.1 Å². The predicted octanol–water partition coefficient (Wildman–Crippen LogP) is 3.34. The maximum atomic E-state index is 12.1. The maximum Gasteiger partial charge on any atom is 0.335 e. The van der Waals surface area contributed by atoms with Gasteiger partial charge in [0.2, 0.25) is 0 Å². The van der Waals surface area contributed by atoms with E-state index in [1.807, 2.05) is 15.9 Å². The minimum Gasteiger partial charge on any atom is -0.492 e. The first-order chi connectivity index (χ1) is 19.7. The van der Waals surface area contributed by atoms with Crippen molar-refractivity contribution >= 4 is 29.3 Å². The van der Waals surface area contributed by atoms with Gasteiger partial charge in [-0.3, -0.25) is 0 Å². The molecule has 12 heteroatoms. The smallest absolute Gasteiger partial charge is 0.335 e. The van der Waals surface area contributed by atoms with E-state index in [0.29, 0.717) is 60.6 Å². The van der Waals surface area contributed by atoms with Gasteiger partial charge in [0.25, 0.3) is 0 Å². The zero-order chi connectivity index (χ0) is 28.9. The summed E-state index contributed by atoms with van der Waals surface area (Å²) in [7, 11) is 0. The third-order valence-corrected chi connectivity index (χ3v) is 6.65. The first kappa shape index (κ1) is 27.4. The summed E-state index contributed by atoms with van der Waals surface area (Å²) < 4.78 is 23.6. The number of nitrogens with zero attached hydrogens (tertiary/aromatic N) is 2. The van der Waals surface area contributed by atoms with Gasteiger partial charge in [0.05, 0.1) is 42.9 Å². The quantitative estimate of drug-likeness (QED) is 0.427. The Bertz CT molecular complexity index is 1320. The van der Waals surface area contributed by atoms with Gasteiger partial charge in [-0.1, -0.05) is 0 Å². The van der Waals surface area contributed by atoms with Crippen molar-refractivity contribution in [3.63, 3.8) is 0 Å². The fourth-order valence-electron chi connectivity index (χ4n) is 4.64. The molecular formula is C29H28N2O10. The van der Waals surface area contributed by atoms with E-state index in [-0.39, 0.29) is 43.1 Å². The summed E-state index contributed by atoms with van der Waals surface area (Å²) in [6, 6.07) is 14.0. The molecule has 2 heterocycles. The van der Waals surface area contributed by atoms with Gasteiger partial charge in [0.1, 0.15) is 49.4 Å². The number of hydrogen-bond acceptors (Lipinski definition) is 9. The molecule has 0 amide bonds. The number of carboxylic acids is 3. The van der Waals surface area contributed by atoms with Gasteiger partial charge in [-0.25, -0.2) is 14.4 Å². The Morgan fingerprint density at radius 3 is 1.05 bits per heavy atom. The lowest BCUT2D eigenvalue weighted by atomic mass is 10.1. The topological polar surface area (TPSA) is 155 Å². The molecule has 12 nitrogen and oxygen atoms in total. The number of benzene rings is 3. The van der Waals surface area contributed by atoms with E-state index < -0.39 is 17.9 Å². The molecule has 0 radical (unpaired) electrons. The van der Waals surface area contributed by atoms with E-state index in [9.17, 15) is 29.7 Å². The number of carbonyl (C=O) groups is 3. The molecule has 5 rings (SSSR count). The molecule has 0 fully saturated rings. The number of carboxylic acid groups (broad SMARTS) is 3. The van der Waals surface area contributed by atoms with Crippen LogP contribution in [0.1, 0.15) is 31.1 Å². The standard InChI is InChI=1S/C29H28N2O10/c32-27(33)18-9-21-15-22(10-18)31-3-7-40-24-12-19(28(34)35)11-23(16-24)38-5-1-30(21)2-6-39-25-13-20(29(36)37)14-26(17-25)41-8-4-31/h9-17H,1-8H2,(H,32,33)(H,34,35)(H,36,37). The molecule has 0 saturated heterocycles. The number of aromatic carboxylic acids is 3. The largest absolute Gasteiger partial charge is 0.492 e. The van der Waals surface area contributed by atoms with Crippen LogP contribution < -0.4 is 28.7 Å². The van der Waals surface area contributed by atoms with Crippen molar-refractivity contribution in [3.05, 3.63) is 71.3 Å². The fraction of sp³-hybridized carbons (Fsp3) is 0.276. The van der Waals surface area contributed by atoms with Crippen LogP contribution in [0.25, 0.3) is 0 Å². The fourth-order valence-corrected chi connectivity index (χ4v) is 4.64. The summed E-state index contributed by atoms with van der Waals surface area (Å²) in [5, 5.41) is 29.0. The second-order valence-corrected chi connectivity index (χ2v) is 9.41. The highest BCUT2D eigenvalue weighted by molar-refractivity contribution is 5.91. The lowest BCUT2D eigenvalue weighted by Crippen LogP contribution is -2.35. The van der Waals surface area contributed by atoms with Gasteiger partial charge in [-0.15, -0.1) is 0 Å². The molecule has 0 saturated carbocycles. The molecule has 0 atom stereocenters. The summed E-state index contributed by atoms with van der Waals surface area (Å²) in [6.07, 6.45) is 0. The second kappa shape index (κ2) is 11.9. The molecule has 0 aliphatic carbocycles. The lowest BCUT2D eigenvalue weighted by Gasteiger charge is -2.30. The second-order valence-electron chi connectivity index (χ2n) is 9.41. The van der Waals surface area contributed by atoms with Crippen molar-refractivity contribution in [1.29, 1.82) is 0 Å². The molecule has 0 aromatic heterocycles. The van der Waals surface area contributed by atoms with Gasteiger partial charge in [-0.2, -0.15) is 0 Å². The Kier molecular flexibility index (Phi) is 7.99. The van der Waals surface area contributed by atoms with E-state index in [4.69, 9.17) is 18.9 Å². The van der Waals surface area contributed by atoms with Crippen LogP contribution in [0.3, 0.4) is 0 Å². The average molecular weight is 565 g/mol. The van der Waals surface area contributed by atoms with Gasteiger partial charge in [0.15, 0.2) is 0 Å². The summed E-state index contributed by atoms with van der Waals surface area (Å²) in [5.41, 5.74) is 1.39. The zero-order valence-electron chi connectivity index (χ0n) is 21.9. The number of ether oxygens (including phenoxy) is 4. The molecule has 41 heavy (non-hydrogen) atoms. The first-order valence-corrected chi connectivity index (χ1v) is 12.9. The molecule has 214 valence electrons. The van der Waals surface area contributed by atoms with Gasteiger partial charge in [-0.05, 0) is 42.5 Å². The molecule has 2 aliphatic rings. The number of rotatable bonds is 3. The van der Waals surface area contributed by atoms with Gasteiger partial charge >= 0.3 is 17.9 Å². The normalized spacial score (nSPS) is 15.3. The third kappa shape index (κ3) is 6.72. The van der Waals surface area contributed by atoms with Crippen molar-refractivity contribution in [3.8, 4) is 23.0 Å². The highest BCUT2D eigenvalue weighted by Crippen LogP contribution is 2.29.